The van der Waals surface area contributed by atoms with E-state index in [1.807, 2.05) is 0 Å². The van der Waals surface area contributed by atoms with Crippen molar-refractivity contribution >= 4 is 17.3 Å². The van der Waals surface area contributed by atoms with Crippen LogP contribution in [0, 0.1) is 29.4 Å². The summed E-state index contributed by atoms with van der Waals surface area (Å²) >= 11 is 0. The minimum Gasteiger partial charge on any atom is -0.320 e. The third-order valence-electron chi connectivity index (χ3n) is 3.68. The summed E-state index contributed by atoms with van der Waals surface area (Å²) in [6, 6.07) is 12.8. The Kier molecular flexibility index (Phi) is 4.45. The van der Waals surface area contributed by atoms with Gasteiger partial charge in [0.2, 0.25) is 0 Å². The van der Waals surface area contributed by atoms with Gasteiger partial charge in [0, 0.05) is 23.4 Å². The molecule has 0 radical (unpaired) electrons. The van der Waals surface area contributed by atoms with Crippen molar-refractivity contribution in [1.29, 1.82) is 0 Å². The molecule has 0 unspecified atom stereocenters. The average Bonchev–Trinajstić information content (AvgIpc) is 3.03. The van der Waals surface area contributed by atoms with Crippen LogP contribution in [0.5, 0.6) is 0 Å². The molecule has 1 heterocycles. The van der Waals surface area contributed by atoms with Crippen molar-refractivity contribution < 1.29 is 9.72 Å². The van der Waals surface area contributed by atoms with Crippen molar-refractivity contribution in [2.45, 2.75) is 6.92 Å². The molecule has 0 saturated heterocycles. The second-order valence-corrected chi connectivity index (χ2v) is 5.39. The zero-order valence-corrected chi connectivity index (χ0v) is 13.7. The van der Waals surface area contributed by atoms with Crippen LogP contribution in [0.3, 0.4) is 0 Å². The Labute approximate surface area is 148 Å². The molecule has 1 aromatic heterocycles. The number of nitro groups is 1. The van der Waals surface area contributed by atoms with Crippen molar-refractivity contribution in [3.05, 3.63) is 75.6 Å². The minimum absolute atomic E-state index is 0.0745. The van der Waals surface area contributed by atoms with Crippen LogP contribution in [0.1, 0.15) is 21.7 Å². The summed E-state index contributed by atoms with van der Waals surface area (Å²) in [5.41, 5.74) is 2.11. The van der Waals surface area contributed by atoms with Gasteiger partial charge in [0.15, 0.2) is 5.69 Å². The van der Waals surface area contributed by atoms with Crippen molar-refractivity contribution in [3.63, 3.8) is 0 Å². The molecule has 0 fully saturated rings. The predicted octanol–water partition coefficient (Wildman–Crippen LogP) is 2.72. The number of carbonyl (C=O) groups is 1. The van der Waals surface area contributed by atoms with E-state index in [9.17, 15) is 14.9 Å². The summed E-state index contributed by atoms with van der Waals surface area (Å²) < 4.78 is 1.37. The topological polar surface area (TPSA) is 103 Å². The van der Waals surface area contributed by atoms with Gasteiger partial charge in [-0.1, -0.05) is 23.3 Å². The molecule has 8 heteroatoms. The van der Waals surface area contributed by atoms with E-state index in [1.54, 1.807) is 43.3 Å². The Morgan fingerprint density at radius 2 is 2.04 bits per heavy atom. The maximum atomic E-state index is 12.5. The van der Waals surface area contributed by atoms with Gasteiger partial charge in [-0.25, -0.2) is 4.68 Å². The average molecular weight is 347 g/mol. The maximum absolute atomic E-state index is 12.5. The third kappa shape index (κ3) is 3.27. The van der Waals surface area contributed by atoms with Crippen LogP contribution in [0.25, 0.3) is 5.69 Å². The van der Waals surface area contributed by atoms with Crippen molar-refractivity contribution in [1.82, 2.24) is 15.0 Å². The van der Waals surface area contributed by atoms with Gasteiger partial charge in [-0.05, 0) is 31.2 Å². The van der Waals surface area contributed by atoms with Gasteiger partial charge in [0.25, 0.3) is 11.6 Å². The lowest BCUT2D eigenvalue weighted by Crippen LogP contribution is -2.14. The minimum atomic E-state index is -0.498. The van der Waals surface area contributed by atoms with Gasteiger partial charge >= 0.3 is 0 Å². The van der Waals surface area contributed by atoms with Crippen LogP contribution in [0.15, 0.2) is 48.5 Å². The van der Waals surface area contributed by atoms with Crippen LogP contribution < -0.4 is 5.32 Å². The van der Waals surface area contributed by atoms with E-state index in [4.69, 9.17) is 6.42 Å². The normalized spacial score (nSPS) is 10.2. The van der Waals surface area contributed by atoms with Gasteiger partial charge in [-0.3, -0.25) is 14.9 Å². The van der Waals surface area contributed by atoms with Gasteiger partial charge in [-0.2, -0.15) is 0 Å². The highest BCUT2D eigenvalue weighted by Gasteiger charge is 2.18. The lowest BCUT2D eigenvalue weighted by Gasteiger charge is -2.05. The molecule has 0 bridgehead atoms. The number of benzene rings is 2. The lowest BCUT2D eigenvalue weighted by atomic mass is 10.2. The molecule has 3 rings (SSSR count). The highest BCUT2D eigenvalue weighted by Crippen LogP contribution is 2.19. The summed E-state index contributed by atoms with van der Waals surface area (Å²) in [5, 5.41) is 21.5. The smallest absolute Gasteiger partial charge is 0.278 e. The first-order valence-electron chi connectivity index (χ1n) is 7.55. The summed E-state index contributed by atoms with van der Waals surface area (Å²) in [4.78, 5) is 22.9. The number of nitro benzene ring substituents is 1. The monoisotopic (exact) mass is 347 g/mol. The first-order valence-corrected chi connectivity index (χ1v) is 7.55. The van der Waals surface area contributed by atoms with E-state index in [0.717, 1.165) is 0 Å². The van der Waals surface area contributed by atoms with Crippen molar-refractivity contribution in [2.75, 3.05) is 5.32 Å². The molecule has 0 aliphatic rings. The van der Waals surface area contributed by atoms with Crippen molar-refractivity contribution in [3.8, 4) is 18.0 Å². The van der Waals surface area contributed by atoms with Gasteiger partial charge in [-0.15, -0.1) is 11.5 Å². The van der Waals surface area contributed by atoms with Crippen LogP contribution in [-0.4, -0.2) is 25.8 Å². The highest BCUT2D eigenvalue weighted by molar-refractivity contribution is 6.03. The number of amides is 1. The fraction of sp³-hybridized carbons (Fsp3) is 0.0556. The molecule has 1 amide bonds. The van der Waals surface area contributed by atoms with Crippen LogP contribution >= 0.6 is 0 Å². The Bertz CT molecular complexity index is 1050. The Balaban J connectivity index is 1.89. The number of nitrogens with zero attached hydrogens (tertiary/aromatic N) is 4. The molecule has 26 heavy (non-hydrogen) atoms. The fourth-order valence-corrected chi connectivity index (χ4v) is 2.40. The standard InChI is InChI=1S/C18H13N5O3/c1-3-13-6-4-7-14(10-13)19-18(24)17-12(2)22(21-20-17)15-8-5-9-16(11-15)23(25)26/h1,4-11H,2H3,(H,19,24). The highest BCUT2D eigenvalue weighted by atomic mass is 16.6. The third-order valence-corrected chi connectivity index (χ3v) is 3.68. The summed E-state index contributed by atoms with van der Waals surface area (Å²) in [7, 11) is 0. The second kappa shape index (κ2) is 6.86. The first kappa shape index (κ1) is 16.9. The van der Waals surface area contributed by atoms with Crippen molar-refractivity contribution in [2.24, 2.45) is 0 Å². The quantitative estimate of drug-likeness (QED) is 0.444. The molecule has 0 saturated carbocycles. The SMILES string of the molecule is C#Cc1cccc(NC(=O)c2nnn(-c3cccc([N+](=O)[O-])c3)c2C)c1. The van der Waals surface area contributed by atoms with E-state index in [1.165, 1.54) is 16.8 Å². The fourth-order valence-electron chi connectivity index (χ4n) is 2.40. The largest absolute Gasteiger partial charge is 0.320 e. The molecule has 8 nitrogen and oxygen atoms in total. The molecular formula is C18H13N5O3. The molecular weight excluding hydrogens is 334 g/mol. The number of anilines is 1. The summed E-state index contributed by atoms with van der Waals surface area (Å²) in [5.74, 6) is 2.04. The van der Waals surface area contributed by atoms with E-state index in [2.05, 4.69) is 21.5 Å². The van der Waals surface area contributed by atoms with Gasteiger partial charge in [0.05, 0.1) is 16.3 Å². The maximum Gasteiger partial charge on any atom is 0.278 e. The Hall–Kier alpha value is -3.99. The number of aromatic nitrogens is 3. The summed E-state index contributed by atoms with van der Waals surface area (Å²) in [6.45, 7) is 1.66. The zero-order valence-electron chi connectivity index (χ0n) is 13.7. The number of non-ortho nitro benzene ring substituents is 1. The molecule has 1 N–H and O–H groups in total. The number of hydrogen-bond donors (Lipinski definition) is 1. The Morgan fingerprint density at radius 1 is 1.27 bits per heavy atom. The molecule has 3 aromatic rings. The van der Waals surface area contributed by atoms with Crippen LogP contribution in [-0.2, 0) is 0 Å². The molecule has 2 aromatic carbocycles. The van der Waals surface area contributed by atoms with Crippen LogP contribution in [0.2, 0.25) is 0 Å². The van der Waals surface area contributed by atoms with Crippen LogP contribution in [0.4, 0.5) is 11.4 Å². The van der Waals surface area contributed by atoms with Gasteiger partial charge in [0.1, 0.15) is 0 Å². The zero-order chi connectivity index (χ0) is 18.7. The Morgan fingerprint density at radius 3 is 2.77 bits per heavy atom. The second-order valence-electron chi connectivity index (χ2n) is 5.39. The predicted molar refractivity (Wildman–Crippen MR) is 95.1 cm³/mol. The van der Waals surface area contributed by atoms with E-state index >= 15 is 0 Å². The molecule has 0 spiro atoms. The molecule has 0 atom stereocenters. The molecule has 128 valence electrons. The summed E-state index contributed by atoms with van der Waals surface area (Å²) in [6.07, 6.45) is 5.35. The number of carbonyl (C=O) groups excluding carboxylic acids is 1. The number of rotatable bonds is 4. The molecule has 0 aliphatic heterocycles. The van der Waals surface area contributed by atoms with Gasteiger partial charge < -0.3 is 5.32 Å². The number of terminal acetylenes is 1. The number of nitrogens with one attached hydrogen (secondary N) is 1. The van der Waals surface area contributed by atoms with E-state index < -0.39 is 10.8 Å². The molecule has 0 aliphatic carbocycles. The van der Waals surface area contributed by atoms with E-state index in [-0.39, 0.29) is 11.4 Å². The van der Waals surface area contributed by atoms with E-state index in [0.29, 0.717) is 22.6 Å². The first-order chi connectivity index (χ1) is 12.5. The number of hydrogen-bond acceptors (Lipinski definition) is 5. The lowest BCUT2D eigenvalue weighted by molar-refractivity contribution is -0.384.